The van der Waals surface area contributed by atoms with Gasteiger partial charge >= 0.3 is 0 Å². The summed E-state index contributed by atoms with van der Waals surface area (Å²) >= 11 is 2.76. The van der Waals surface area contributed by atoms with Gasteiger partial charge in [-0.05, 0) is 25.0 Å². The molecule has 0 bridgehead atoms. The number of nitrogens with zero attached hydrogens (tertiary/aromatic N) is 4. The normalized spacial score (nSPS) is 11.4. The first-order valence-corrected chi connectivity index (χ1v) is 11.2. The molecule has 0 radical (unpaired) electrons. The number of aryl methyl sites for hydroxylation is 2. The van der Waals surface area contributed by atoms with Crippen molar-refractivity contribution in [2.75, 3.05) is 5.32 Å². The van der Waals surface area contributed by atoms with Gasteiger partial charge in [-0.1, -0.05) is 48.9 Å². The van der Waals surface area contributed by atoms with Crippen molar-refractivity contribution in [3.63, 3.8) is 0 Å². The molecule has 0 saturated heterocycles. The smallest absolute Gasteiger partial charge is 0.263 e. The molecule has 0 saturated carbocycles. The van der Waals surface area contributed by atoms with E-state index < -0.39 is 0 Å². The Hall–Kier alpha value is -2.91. The molecule has 0 aliphatic rings. The van der Waals surface area contributed by atoms with Gasteiger partial charge in [-0.2, -0.15) is 0 Å². The summed E-state index contributed by atoms with van der Waals surface area (Å²) in [6, 6.07) is 6.15. The Labute approximate surface area is 181 Å². The van der Waals surface area contributed by atoms with Gasteiger partial charge in [0.2, 0.25) is 11.0 Å². The van der Waals surface area contributed by atoms with E-state index in [4.69, 9.17) is 0 Å². The lowest BCUT2D eigenvalue weighted by Gasteiger charge is -2.08. The largest absolute Gasteiger partial charge is 0.299 e. The number of anilines is 1. The minimum atomic E-state index is -0.340. The zero-order valence-corrected chi connectivity index (χ0v) is 18.7. The Bertz CT molecular complexity index is 1300. The van der Waals surface area contributed by atoms with Gasteiger partial charge in [-0.15, -0.1) is 21.5 Å². The Balaban J connectivity index is 1.64. The second kappa shape index (κ2) is 8.08. The number of aromatic nitrogens is 4. The standard InChI is InChI=1S/C21H21N5O2S2/c1-11(2)18-24-25-21(30-18)23-16(27)8-26-10-22-19-17(20(26)28)15(9-29-19)14-6-5-12(3)7-13(14)4/h5-7,9-11H,8H2,1-4H3,(H,23,25,27). The number of carbonyl (C=O) groups excluding carboxylic acids is 1. The molecule has 0 spiro atoms. The third-order valence-corrected chi connectivity index (χ3v) is 6.75. The van der Waals surface area contributed by atoms with Gasteiger partial charge < -0.3 is 0 Å². The molecule has 0 aliphatic heterocycles. The second-order valence-corrected chi connectivity index (χ2v) is 9.34. The topological polar surface area (TPSA) is 89.8 Å². The number of fused-ring (bicyclic) bond motifs is 1. The van der Waals surface area contributed by atoms with Crippen LogP contribution in [-0.4, -0.2) is 25.7 Å². The maximum atomic E-state index is 13.2. The van der Waals surface area contributed by atoms with E-state index in [1.54, 1.807) is 0 Å². The quantitative estimate of drug-likeness (QED) is 0.499. The van der Waals surface area contributed by atoms with Crippen LogP contribution in [0.4, 0.5) is 5.13 Å². The van der Waals surface area contributed by atoms with Gasteiger partial charge in [0.1, 0.15) is 16.4 Å². The van der Waals surface area contributed by atoms with E-state index >= 15 is 0 Å². The predicted octanol–water partition coefficient (Wildman–Crippen LogP) is 4.36. The summed E-state index contributed by atoms with van der Waals surface area (Å²) in [5.41, 5.74) is 3.89. The highest BCUT2D eigenvalue weighted by molar-refractivity contribution is 7.17. The van der Waals surface area contributed by atoms with Crippen LogP contribution < -0.4 is 10.9 Å². The Morgan fingerprint density at radius 3 is 2.70 bits per heavy atom. The van der Waals surface area contributed by atoms with Crippen LogP contribution in [0.25, 0.3) is 21.3 Å². The summed E-state index contributed by atoms with van der Waals surface area (Å²) in [4.78, 5) is 30.7. The van der Waals surface area contributed by atoms with Crippen LogP contribution in [0.1, 0.15) is 35.9 Å². The third-order valence-electron chi connectivity index (χ3n) is 4.73. The zero-order chi connectivity index (χ0) is 21.4. The van der Waals surface area contributed by atoms with Crippen LogP contribution in [0.15, 0.2) is 34.7 Å². The van der Waals surface area contributed by atoms with E-state index in [1.165, 1.54) is 39.1 Å². The molecule has 3 heterocycles. The highest BCUT2D eigenvalue weighted by Gasteiger charge is 2.17. The average molecular weight is 440 g/mol. The Kier molecular flexibility index (Phi) is 5.48. The molecular formula is C21H21N5O2S2. The number of thiophene rings is 1. The van der Waals surface area contributed by atoms with Crippen molar-refractivity contribution in [1.29, 1.82) is 0 Å². The number of benzene rings is 1. The lowest BCUT2D eigenvalue weighted by molar-refractivity contribution is -0.116. The summed E-state index contributed by atoms with van der Waals surface area (Å²) in [6.45, 7) is 7.96. The molecule has 1 N–H and O–H groups in total. The second-order valence-electron chi connectivity index (χ2n) is 7.47. The summed E-state index contributed by atoms with van der Waals surface area (Å²) in [5.74, 6) is -0.0994. The minimum Gasteiger partial charge on any atom is -0.299 e. The highest BCUT2D eigenvalue weighted by Crippen LogP contribution is 2.33. The van der Waals surface area contributed by atoms with E-state index in [9.17, 15) is 9.59 Å². The van der Waals surface area contributed by atoms with Crippen LogP contribution in [0.5, 0.6) is 0 Å². The number of amides is 1. The molecule has 0 aliphatic carbocycles. The molecule has 1 amide bonds. The maximum Gasteiger partial charge on any atom is 0.263 e. The van der Waals surface area contributed by atoms with Crippen molar-refractivity contribution in [2.24, 2.45) is 0 Å². The van der Waals surface area contributed by atoms with Gasteiger partial charge in [-0.25, -0.2) is 4.98 Å². The van der Waals surface area contributed by atoms with Crippen LogP contribution in [-0.2, 0) is 11.3 Å². The number of carbonyl (C=O) groups is 1. The van der Waals surface area contributed by atoms with E-state index in [1.807, 2.05) is 45.2 Å². The zero-order valence-electron chi connectivity index (χ0n) is 17.1. The molecule has 9 heteroatoms. The van der Waals surface area contributed by atoms with Gasteiger partial charge in [0.05, 0.1) is 11.7 Å². The summed E-state index contributed by atoms with van der Waals surface area (Å²) in [6.07, 6.45) is 1.42. The van der Waals surface area contributed by atoms with Crippen molar-refractivity contribution in [2.45, 2.75) is 40.2 Å². The number of rotatable bonds is 5. The predicted molar refractivity (Wildman–Crippen MR) is 121 cm³/mol. The van der Waals surface area contributed by atoms with Gasteiger partial charge in [0.15, 0.2) is 0 Å². The minimum absolute atomic E-state index is 0.138. The lowest BCUT2D eigenvalue weighted by Crippen LogP contribution is -2.27. The first kappa shape index (κ1) is 20.4. The van der Waals surface area contributed by atoms with E-state index in [2.05, 4.69) is 26.6 Å². The van der Waals surface area contributed by atoms with Crippen LogP contribution >= 0.6 is 22.7 Å². The molecule has 0 unspecified atom stereocenters. The summed E-state index contributed by atoms with van der Waals surface area (Å²) in [5, 5.41) is 14.5. The SMILES string of the molecule is Cc1ccc(-c2csc3ncn(CC(=O)Nc4nnc(C(C)C)s4)c(=O)c23)c(C)c1. The van der Waals surface area contributed by atoms with E-state index in [-0.39, 0.29) is 23.9 Å². The van der Waals surface area contributed by atoms with Gasteiger partial charge in [-0.3, -0.25) is 19.5 Å². The molecule has 4 aromatic rings. The third kappa shape index (κ3) is 3.90. The van der Waals surface area contributed by atoms with E-state index in [0.29, 0.717) is 15.3 Å². The van der Waals surface area contributed by atoms with Gasteiger partial charge in [0.25, 0.3) is 5.56 Å². The summed E-state index contributed by atoms with van der Waals surface area (Å²) in [7, 11) is 0. The fourth-order valence-corrected chi connectivity index (χ4v) is 4.89. The van der Waals surface area contributed by atoms with Gasteiger partial charge in [0, 0.05) is 16.9 Å². The average Bonchev–Trinajstić information content (AvgIpc) is 3.32. The molecule has 7 nitrogen and oxygen atoms in total. The van der Waals surface area contributed by atoms with Crippen molar-refractivity contribution < 1.29 is 4.79 Å². The van der Waals surface area contributed by atoms with Crippen molar-refractivity contribution in [3.05, 3.63) is 56.4 Å². The first-order chi connectivity index (χ1) is 14.3. The molecule has 1 aromatic carbocycles. The van der Waals surface area contributed by atoms with Crippen molar-refractivity contribution in [3.8, 4) is 11.1 Å². The van der Waals surface area contributed by atoms with Crippen LogP contribution in [0.2, 0.25) is 0 Å². The number of hydrogen-bond acceptors (Lipinski definition) is 7. The Morgan fingerprint density at radius 2 is 2.00 bits per heavy atom. The Morgan fingerprint density at radius 1 is 1.20 bits per heavy atom. The van der Waals surface area contributed by atoms with Crippen LogP contribution in [0, 0.1) is 13.8 Å². The highest BCUT2D eigenvalue weighted by atomic mass is 32.1. The molecule has 4 rings (SSSR count). The lowest BCUT2D eigenvalue weighted by atomic mass is 9.99. The molecule has 154 valence electrons. The van der Waals surface area contributed by atoms with Crippen molar-refractivity contribution in [1.82, 2.24) is 19.7 Å². The first-order valence-electron chi connectivity index (χ1n) is 9.51. The molecule has 0 fully saturated rings. The molecule has 30 heavy (non-hydrogen) atoms. The molecule has 3 aromatic heterocycles. The molecule has 0 atom stereocenters. The number of nitrogens with one attached hydrogen (secondary N) is 1. The fraction of sp³-hybridized carbons (Fsp3) is 0.286. The van der Waals surface area contributed by atoms with E-state index in [0.717, 1.165) is 21.7 Å². The van der Waals surface area contributed by atoms with Crippen molar-refractivity contribution >= 4 is 43.9 Å². The molecular weight excluding hydrogens is 418 g/mol. The van der Waals surface area contributed by atoms with Crippen LogP contribution in [0.3, 0.4) is 0 Å². The summed E-state index contributed by atoms with van der Waals surface area (Å²) < 4.78 is 1.34. The maximum absolute atomic E-state index is 13.2. The fourth-order valence-electron chi connectivity index (χ4n) is 3.23. The monoisotopic (exact) mass is 439 g/mol. The number of hydrogen-bond donors (Lipinski definition) is 1.